The van der Waals surface area contributed by atoms with Crippen LogP contribution in [0.5, 0.6) is 0 Å². The fourth-order valence-electron chi connectivity index (χ4n) is 7.12. The lowest BCUT2D eigenvalue weighted by atomic mass is 9.48. The Morgan fingerprint density at radius 2 is 1.62 bits per heavy atom. The molecule has 4 fully saturated rings. The highest BCUT2D eigenvalue weighted by Crippen LogP contribution is 2.60. The summed E-state index contributed by atoms with van der Waals surface area (Å²) in [6, 6.07) is 17.2. The molecule has 2 aromatic carbocycles. The van der Waals surface area contributed by atoms with Crippen LogP contribution in [0, 0.1) is 24.7 Å². The van der Waals surface area contributed by atoms with Crippen LogP contribution in [0.2, 0.25) is 0 Å². The first-order chi connectivity index (χ1) is 16.5. The van der Waals surface area contributed by atoms with Crippen molar-refractivity contribution in [2.24, 2.45) is 22.7 Å². The van der Waals surface area contributed by atoms with Crippen molar-refractivity contribution < 1.29 is 4.79 Å². The number of benzene rings is 2. The standard InChI is InChI=1S/C28H30N4O2/c1-18-25(17-29-27(34)30-23-5-3-2-4-6-23)26(33)32(31-18)24-9-7-22(8-10-24)28-14-19-11-20(15-28)13-21(12-19)16-28/h2-10,17,19-21,31H,11-16H2,1H3,(H,30,34). The van der Waals surface area contributed by atoms with E-state index in [1.54, 1.807) is 12.1 Å². The van der Waals surface area contributed by atoms with E-state index in [-0.39, 0.29) is 5.56 Å². The van der Waals surface area contributed by atoms with E-state index in [1.807, 2.05) is 37.3 Å². The number of nitrogens with zero attached hydrogens (tertiary/aromatic N) is 2. The lowest BCUT2D eigenvalue weighted by Gasteiger charge is -2.57. The summed E-state index contributed by atoms with van der Waals surface area (Å²) in [6.45, 7) is 1.82. The van der Waals surface area contributed by atoms with Crippen LogP contribution >= 0.6 is 0 Å². The summed E-state index contributed by atoms with van der Waals surface area (Å²) >= 11 is 0. The van der Waals surface area contributed by atoms with Gasteiger partial charge >= 0.3 is 6.03 Å². The topological polar surface area (TPSA) is 79.2 Å². The van der Waals surface area contributed by atoms with Gasteiger partial charge in [0.05, 0.1) is 11.3 Å². The molecule has 2 N–H and O–H groups in total. The molecule has 4 saturated carbocycles. The number of carbonyl (C=O) groups is 1. The van der Waals surface area contributed by atoms with Gasteiger partial charge in [-0.1, -0.05) is 30.3 Å². The van der Waals surface area contributed by atoms with Crippen molar-refractivity contribution in [2.45, 2.75) is 50.9 Å². The normalized spacial score (nSPS) is 27.4. The number of para-hydroxylation sites is 1. The largest absolute Gasteiger partial charge is 0.345 e. The van der Waals surface area contributed by atoms with E-state index in [1.165, 1.54) is 55.0 Å². The third-order valence-electron chi connectivity index (χ3n) is 8.23. The summed E-state index contributed by atoms with van der Waals surface area (Å²) in [7, 11) is 0. The second-order valence-corrected chi connectivity index (χ2v) is 10.6. The number of carbonyl (C=O) groups excluding carboxylic acids is 1. The van der Waals surface area contributed by atoms with Gasteiger partial charge in [-0.2, -0.15) is 0 Å². The summed E-state index contributed by atoms with van der Waals surface area (Å²) in [5, 5.41) is 5.83. The number of aryl methyl sites for hydroxylation is 1. The molecule has 174 valence electrons. The smallest absolute Gasteiger partial charge is 0.306 e. The summed E-state index contributed by atoms with van der Waals surface area (Å²) in [5.74, 6) is 2.71. The molecular formula is C28H30N4O2. The molecule has 34 heavy (non-hydrogen) atoms. The van der Waals surface area contributed by atoms with Crippen LogP contribution in [0.3, 0.4) is 0 Å². The SMILES string of the molecule is Cc1[nH]n(-c2ccc(C34CC5CC(CC(C5)C3)C4)cc2)c(=O)c1C=NC(=O)Nc1ccccc1. The van der Waals surface area contributed by atoms with Crippen molar-refractivity contribution in [2.75, 3.05) is 5.32 Å². The van der Waals surface area contributed by atoms with Gasteiger partial charge < -0.3 is 5.32 Å². The summed E-state index contributed by atoms with van der Waals surface area (Å²) < 4.78 is 1.54. The minimum absolute atomic E-state index is 0.212. The Morgan fingerprint density at radius 3 is 2.24 bits per heavy atom. The molecule has 0 atom stereocenters. The zero-order valence-corrected chi connectivity index (χ0v) is 19.5. The van der Waals surface area contributed by atoms with Crippen LogP contribution in [-0.4, -0.2) is 22.0 Å². The summed E-state index contributed by atoms with van der Waals surface area (Å²) in [5.41, 5.74) is 4.08. The minimum atomic E-state index is -0.516. The first-order valence-electron chi connectivity index (χ1n) is 12.3. The summed E-state index contributed by atoms with van der Waals surface area (Å²) in [4.78, 5) is 29.2. The monoisotopic (exact) mass is 454 g/mol. The second-order valence-electron chi connectivity index (χ2n) is 10.6. The van der Waals surface area contributed by atoms with E-state index in [2.05, 4.69) is 27.5 Å². The van der Waals surface area contributed by atoms with Gasteiger partial charge in [-0.05, 0) is 98.4 Å². The van der Waals surface area contributed by atoms with E-state index < -0.39 is 6.03 Å². The molecule has 0 saturated heterocycles. The molecule has 0 spiro atoms. The first-order valence-corrected chi connectivity index (χ1v) is 12.3. The molecule has 7 rings (SSSR count). The lowest BCUT2D eigenvalue weighted by molar-refractivity contribution is -0.00518. The van der Waals surface area contributed by atoms with E-state index >= 15 is 0 Å². The maximum Gasteiger partial charge on any atom is 0.345 e. The lowest BCUT2D eigenvalue weighted by Crippen LogP contribution is -2.48. The molecule has 4 bridgehead atoms. The highest BCUT2D eigenvalue weighted by Gasteiger charge is 2.51. The van der Waals surface area contributed by atoms with Crippen LogP contribution in [0.15, 0.2) is 64.4 Å². The number of H-pyrrole nitrogens is 1. The fraction of sp³-hybridized carbons (Fsp3) is 0.393. The van der Waals surface area contributed by atoms with Gasteiger partial charge in [0.15, 0.2) is 0 Å². The Balaban J connectivity index is 1.22. The number of aromatic amines is 1. The number of aliphatic imine (C=N–C) groups is 1. The summed E-state index contributed by atoms with van der Waals surface area (Å²) in [6.07, 6.45) is 9.61. The Kier molecular flexibility index (Phi) is 5.05. The predicted octanol–water partition coefficient (Wildman–Crippen LogP) is 5.59. The predicted molar refractivity (Wildman–Crippen MR) is 134 cm³/mol. The maximum absolute atomic E-state index is 13.1. The van der Waals surface area contributed by atoms with E-state index in [4.69, 9.17) is 0 Å². The Bertz CT molecular complexity index is 1270. The van der Waals surface area contributed by atoms with E-state index in [9.17, 15) is 9.59 Å². The molecule has 0 radical (unpaired) electrons. The molecule has 6 heteroatoms. The van der Waals surface area contributed by atoms with Crippen molar-refractivity contribution in [3.63, 3.8) is 0 Å². The molecule has 4 aliphatic rings. The highest BCUT2D eigenvalue weighted by atomic mass is 16.2. The van der Waals surface area contributed by atoms with Crippen molar-refractivity contribution in [1.29, 1.82) is 0 Å². The van der Waals surface area contributed by atoms with Gasteiger partial charge in [0.25, 0.3) is 5.56 Å². The number of hydrogen-bond acceptors (Lipinski definition) is 2. The van der Waals surface area contributed by atoms with Crippen LogP contribution in [0.1, 0.15) is 55.3 Å². The quantitative estimate of drug-likeness (QED) is 0.504. The molecule has 6 nitrogen and oxygen atoms in total. The third kappa shape index (κ3) is 3.71. The molecule has 0 aliphatic heterocycles. The van der Waals surface area contributed by atoms with Crippen molar-refractivity contribution >= 4 is 17.9 Å². The van der Waals surface area contributed by atoms with Gasteiger partial charge in [0, 0.05) is 17.6 Å². The number of urea groups is 1. The van der Waals surface area contributed by atoms with Crippen LogP contribution < -0.4 is 10.9 Å². The Hall–Kier alpha value is -3.41. The Morgan fingerprint density at radius 1 is 1.00 bits per heavy atom. The number of nitrogens with one attached hydrogen (secondary N) is 2. The molecule has 3 aromatic rings. The molecule has 4 aliphatic carbocycles. The molecular weight excluding hydrogens is 424 g/mol. The first kappa shape index (κ1) is 21.1. The number of anilines is 1. The Labute approximate surface area is 199 Å². The van der Waals surface area contributed by atoms with Crippen LogP contribution in [0.4, 0.5) is 10.5 Å². The number of rotatable bonds is 4. The second kappa shape index (κ2) is 8.12. The van der Waals surface area contributed by atoms with Crippen LogP contribution in [-0.2, 0) is 5.41 Å². The van der Waals surface area contributed by atoms with E-state index in [0.717, 1.165) is 23.4 Å². The number of hydrogen-bond donors (Lipinski definition) is 2. The molecule has 1 heterocycles. The zero-order chi connectivity index (χ0) is 23.3. The molecule has 0 unspecified atom stereocenters. The minimum Gasteiger partial charge on any atom is -0.306 e. The van der Waals surface area contributed by atoms with Crippen LogP contribution in [0.25, 0.3) is 5.69 Å². The van der Waals surface area contributed by atoms with Crippen molar-refractivity contribution in [1.82, 2.24) is 9.78 Å². The van der Waals surface area contributed by atoms with E-state index in [0.29, 0.717) is 22.4 Å². The third-order valence-corrected chi connectivity index (χ3v) is 8.23. The zero-order valence-electron chi connectivity index (χ0n) is 19.5. The van der Waals surface area contributed by atoms with Gasteiger partial charge in [-0.15, -0.1) is 0 Å². The van der Waals surface area contributed by atoms with Crippen molar-refractivity contribution in [3.05, 3.63) is 81.8 Å². The number of aromatic nitrogens is 2. The fourth-order valence-corrected chi connectivity index (χ4v) is 7.12. The van der Waals surface area contributed by atoms with Crippen molar-refractivity contribution in [3.8, 4) is 5.69 Å². The van der Waals surface area contributed by atoms with Gasteiger partial charge in [0.2, 0.25) is 0 Å². The van der Waals surface area contributed by atoms with Gasteiger partial charge in [0.1, 0.15) is 0 Å². The molecule has 1 aromatic heterocycles. The van der Waals surface area contributed by atoms with Gasteiger partial charge in [-0.3, -0.25) is 9.89 Å². The van der Waals surface area contributed by atoms with Gasteiger partial charge in [-0.25, -0.2) is 14.5 Å². The number of amides is 2. The highest BCUT2D eigenvalue weighted by molar-refractivity contribution is 5.98. The molecule has 2 amide bonds. The average Bonchev–Trinajstić information content (AvgIpc) is 3.11. The maximum atomic E-state index is 13.1. The average molecular weight is 455 g/mol.